The van der Waals surface area contributed by atoms with E-state index < -0.39 is 35.1 Å². The molecule has 0 aromatic heterocycles. The van der Waals surface area contributed by atoms with Gasteiger partial charge in [-0.3, -0.25) is 14.4 Å². The van der Waals surface area contributed by atoms with Crippen molar-refractivity contribution in [2.75, 3.05) is 19.7 Å². The van der Waals surface area contributed by atoms with Crippen molar-refractivity contribution in [3.05, 3.63) is 97.1 Å². The summed E-state index contributed by atoms with van der Waals surface area (Å²) in [6.07, 6.45) is 4.39. The van der Waals surface area contributed by atoms with Gasteiger partial charge in [0.05, 0.1) is 30.1 Å². The fourth-order valence-electron chi connectivity index (χ4n) is 7.75. The molecule has 6 atom stereocenters. The summed E-state index contributed by atoms with van der Waals surface area (Å²) in [7, 11) is 0. The maximum atomic E-state index is 14.7. The molecule has 0 aliphatic carbocycles. The van der Waals surface area contributed by atoms with Crippen LogP contribution in [0.25, 0.3) is 0 Å². The number of likely N-dealkylation sites (tertiary alicyclic amines) is 1. The Morgan fingerprint density at radius 1 is 0.955 bits per heavy atom. The van der Waals surface area contributed by atoms with Crippen LogP contribution in [0.15, 0.2) is 86.0 Å². The molecule has 2 aromatic carbocycles. The summed E-state index contributed by atoms with van der Waals surface area (Å²) in [6.45, 7) is 14.5. The van der Waals surface area contributed by atoms with Crippen LogP contribution in [0.2, 0.25) is 0 Å². The van der Waals surface area contributed by atoms with Crippen LogP contribution < -0.4 is 0 Å². The van der Waals surface area contributed by atoms with Crippen LogP contribution in [0, 0.1) is 17.8 Å². The lowest BCUT2D eigenvalue weighted by atomic mass is 9.66. The number of hydrogen-bond acceptors (Lipinski definition) is 5. The lowest BCUT2D eigenvalue weighted by Gasteiger charge is -2.40. The minimum absolute atomic E-state index is 0.131. The first-order chi connectivity index (χ1) is 21.1. The molecule has 2 aromatic rings. The molecule has 0 saturated carbocycles. The van der Waals surface area contributed by atoms with Crippen LogP contribution in [0.3, 0.4) is 0 Å². The topological polar surface area (TPSA) is 90.4 Å². The first-order valence-corrected chi connectivity index (χ1v) is 15.6. The Kier molecular flexibility index (Phi) is 9.14. The Hall–Kier alpha value is -3.75. The quantitative estimate of drug-likeness (QED) is 0.349. The van der Waals surface area contributed by atoms with Crippen molar-refractivity contribution in [3.63, 3.8) is 0 Å². The lowest BCUT2D eigenvalue weighted by molar-refractivity contribution is -0.157. The first-order valence-electron chi connectivity index (χ1n) is 15.6. The number of nitrogens with zero attached hydrogens (tertiary/aromatic N) is 3. The van der Waals surface area contributed by atoms with Crippen LogP contribution in [-0.2, 0) is 32.2 Å². The van der Waals surface area contributed by atoms with Gasteiger partial charge in [-0.15, -0.1) is 13.2 Å². The fraction of sp³-hybridized carbons (Fsp3) is 0.472. The van der Waals surface area contributed by atoms with E-state index in [1.54, 1.807) is 26.9 Å². The molecule has 3 fully saturated rings. The van der Waals surface area contributed by atoms with E-state index in [2.05, 4.69) is 13.2 Å². The van der Waals surface area contributed by atoms with Crippen LogP contribution in [0.1, 0.15) is 44.7 Å². The highest BCUT2D eigenvalue weighted by atomic mass is 16.5. The van der Waals surface area contributed by atoms with E-state index in [4.69, 9.17) is 4.74 Å². The number of benzene rings is 2. The molecule has 8 heteroatoms. The highest BCUT2D eigenvalue weighted by Crippen LogP contribution is 2.64. The molecule has 3 saturated heterocycles. The molecule has 3 heterocycles. The molecule has 3 aliphatic rings. The van der Waals surface area contributed by atoms with Crippen molar-refractivity contribution in [1.29, 1.82) is 0 Å². The van der Waals surface area contributed by atoms with E-state index in [0.717, 1.165) is 11.1 Å². The van der Waals surface area contributed by atoms with E-state index in [1.165, 1.54) is 0 Å². The Bertz CT molecular complexity index is 1380. The minimum atomic E-state index is -1.19. The molecule has 1 N–H and O–H groups in total. The zero-order valence-corrected chi connectivity index (χ0v) is 26.1. The zero-order valence-electron chi connectivity index (χ0n) is 26.1. The third-order valence-corrected chi connectivity index (χ3v) is 9.78. The van der Waals surface area contributed by atoms with Gasteiger partial charge >= 0.3 is 0 Å². The van der Waals surface area contributed by atoms with E-state index >= 15 is 0 Å². The van der Waals surface area contributed by atoms with Crippen LogP contribution in [0.4, 0.5) is 0 Å². The van der Waals surface area contributed by atoms with Crippen LogP contribution >= 0.6 is 0 Å². The zero-order chi connectivity index (χ0) is 31.6. The number of ether oxygens (including phenoxy) is 1. The van der Waals surface area contributed by atoms with E-state index in [9.17, 15) is 19.5 Å². The second kappa shape index (κ2) is 12.7. The van der Waals surface area contributed by atoms with Gasteiger partial charge in [-0.25, -0.2) is 0 Å². The third-order valence-electron chi connectivity index (χ3n) is 9.78. The number of fused-ring (bicyclic) bond motifs is 1. The fourth-order valence-corrected chi connectivity index (χ4v) is 7.75. The normalized spacial score (nSPS) is 27.7. The second-order valence-electron chi connectivity index (χ2n) is 13.0. The molecular weight excluding hydrogens is 554 g/mol. The van der Waals surface area contributed by atoms with E-state index in [-0.39, 0.29) is 36.8 Å². The van der Waals surface area contributed by atoms with E-state index in [0.29, 0.717) is 32.5 Å². The van der Waals surface area contributed by atoms with Crippen molar-refractivity contribution in [1.82, 2.24) is 14.7 Å². The molecule has 2 bridgehead atoms. The van der Waals surface area contributed by atoms with Gasteiger partial charge < -0.3 is 24.5 Å². The lowest BCUT2D eigenvalue weighted by Crippen LogP contribution is -2.59. The molecule has 3 aliphatic heterocycles. The van der Waals surface area contributed by atoms with Crippen molar-refractivity contribution in [2.45, 2.75) is 70.0 Å². The Balaban J connectivity index is 1.57. The predicted molar refractivity (Wildman–Crippen MR) is 169 cm³/mol. The average molecular weight is 600 g/mol. The summed E-state index contributed by atoms with van der Waals surface area (Å²) in [6, 6.07) is 17.8. The van der Waals surface area contributed by atoms with Gasteiger partial charge in [0.15, 0.2) is 0 Å². The molecule has 8 nitrogen and oxygen atoms in total. The number of aliphatic hydroxyl groups is 1. The molecule has 44 heavy (non-hydrogen) atoms. The number of amides is 3. The molecule has 0 radical (unpaired) electrons. The second-order valence-corrected chi connectivity index (χ2v) is 13.0. The van der Waals surface area contributed by atoms with Gasteiger partial charge in [-0.1, -0.05) is 86.7 Å². The van der Waals surface area contributed by atoms with Gasteiger partial charge in [0.2, 0.25) is 17.7 Å². The average Bonchev–Trinajstić information content (AvgIpc) is 3.58. The van der Waals surface area contributed by atoms with Gasteiger partial charge in [0, 0.05) is 26.2 Å². The standard InChI is InChI=1S/C36H45N3O5/c1-6-20-37(22-26-14-10-8-11-15-26)32(41)29-30-33(42)39(28(24-40)25(3)4)31(36(30)19-18-35(29,5)44-36)34(43)38(21-7-2)23-27-16-12-9-13-17-27/h6-17,25,28-31,40H,1-2,18-24H2,3-5H3/t28-,29-,30-,31?,35+,36?/m0/s1. The van der Waals surface area contributed by atoms with Gasteiger partial charge in [-0.05, 0) is 36.8 Å². The first kappa shape index (κ1) is 31.7. The Labute approximate surface area is 261 Å². The summed E-state index contributed by atoms with van der Waals surface area (Å²) >= 11 is 0. The highest BCUT2D eigenvalue weighted by Gasteiger charge is 2.79. The predicted octanol–water partition coefficient (Wildman–Crippen LogP) is 4.20. The number of carbonyl (C=O) groups excluding carboxylic acids is 3. The summed E-state index contributed by atoms with van der Waals surface area (Å²) in [5.74, 6) is -2.49. The number of rotatable bonds is 13. The molecular formula is C36H45N3O5. The Morgan fingerprint density at radius 2 is 1.48 bits per heavy atom. The number of aliphatic hydroxyl groups excluding tert-OH is 1. The highest BCUT2D eigenvalue weighted by molar-refractivity contribution is 5.99. The van der Waals surface area contributed by atoms with Gasteiger partial charge in [-0.2, -0.15) is 0 Å². The molecule has 5 rings (SSSR count). The SMILES string of the molecule is C=CCN(Cc1ccccc1)C(=O)C1N([C@@H](CO)C(C)C)C(=O)[C@@H]2[C@@H](C(=O)N(CC=C)Cc3ccccc3)[C@@]3(C)CCC12O3. The monoisotopic (exact) mass is 599 g/mol. The van der Waals surface area contributed by atoms with Crippen molar-refractivity contribution in [3.8, 4) is 0 Å². The van der Waals surface area contributed by atoms with Crippen molar-refractivity contribution >= 4 is 17.7 Å². The largest absolute Gasteiger partial charge is 0.394 e. The minimum Gasteiger partial charge on any atom is -0.394 e. The van der Waals surface area contributed by atoms with Crippen LogP contribution in [0.5, 0.6) is 0 Å². The maximum absolute atomic E-state index is 14.7. The summed E-state index contributed by atoms with van der Waals surface area (Å²) in [4.78, 5) is 48.9. The summed E-state index contributed by atoms with van der Waals surface area (Å²) < 4.78 is 6.88. The molecule has 2 unspecified atom stereocenters. The van der Waals surface area contributed by atoms with Crippen molar-refractivity contribution < 1.29 is 24.2 Å². The van der Waals surface area contributed by atoms with Crippen molar-refractivity contribution in [2.24, 2.45) is 17.8 Å². The smallest absolute Gasteiger partial charge is 0.249 e. The third kappa shape index (κ3) is 5.39. The maximum Gasteiger partial charge on any atom is 0.249 e. The van der Waals surface area contributed by atoms with Crippen LogP contribution in [-0.4, -0.2) is 80.5 Å². The number of carbonyl (C=O) groups is 3. The van der Waals surface area contributed by atoms with E-state index in [1.807, 2.05) is 81.4 Å². The number of hydrogen-bond donors (Lipinski definition) is 1. The van der Waals surface area contributed by atoms with Gasteiger partial charge in [0.1, 0.15) is 11.6 Å². The molecule has 3 amide bonds. The summed E-state index contributed by atoms with van der Waals surface area (Å²) in [5, 5.41) is 10.6. The Morgan fingerprint density at radius 3 is 1.95 bits per heavy atom. The molecule has 234 valence electrons. The molecule has 1 spiro atoms. The summed E-state index contributed by atoms with van der Waals surface area (Å²) in [5.41, 5.74) is -0.172. The van der Waals surface area contributed by atoms with Gasteiger partial charge in [0.25, 0.3) is 0 Å².